The normalized spacial score (nSPS) is 11.5. The number of hydrogen-bond acceptors (Lipinski definition) is 6. The number of nitriles is 1. The van der Waals surface area contributed by atoms with Crippen LogP contribution in [-0.4, -0.2) is 26.0 Å². The van der Waals surface area contributed by atoms with E-state index in [0.29, 0.717) is 23.0 Å². The summed E-state index contributed by atoms with van der Waals surface area (Å²) in [4.78, 5) is 22.9. The standard InChI is InChI=1S/C27H21N5O3/c1-17-9-8-14-32-24(17)30-26(35-23-13-7-6-12-22(23)34-3)19(27(32)33)15-18(16-28)25-29-20-10-4-5-11-21(20)31(25)2/h4-15H,1-3H3/b18-15+. The molecule has 0 aliphatic carbocycles. The molecule has 0 bridgehead atoms. The number of fused-ring (bicyclic) bond motifs is 2. The minimum absolute atomic E-state index is 0.0697. The maximum absolute atomic E-state index is 13.6. The van der Waals surface area contributed by atoms with Crippen LogP contribution in [-0.2, 0) is 7.05 Å². The number of rotatable bonds is 5. The average molecular weight is 463 g/mol. The third kappa shape index (κ3) is 3.79. The zero-order valence-corrected chi connectivity index (χ0v) is 19.4. The predicted octanol–water partition coefficient (Wildman–Crippen LogP) is 4.75. The molecule has 3 aromatic heterocycles. The van der Waals surface area contributed by atoms with Crippen molar-refractivity contribution >= 4 is 28.3 Å². The molecule has 172 valence electrons. The summed E-state index contributed by atoms with van der Waals surface area (Å²) < 4.78 is 14.8. The molecule has 0 aliphatic rings. The van der Waals surface area contributed by atoms with Crippen molar-refractivity contribution in [2.24, 2.45) is 7.05 Å². The van der Waals surface area contributed by atoms with Gasteiger partial charge in [-0.25, -0.2) is 4.98 Å². The van der Waals surface area contributed by atoms with Gasteiger partial charge >= 0.3 is 0 Å². The van der Waals surface area contributed by atoms with Gasteiger partial charge in [0.25, 0.3) is 5.56 Å². The molecule has 8 heteroatoms. The van der Waals surface area contributed by atoms with Gasteiger partial charge in [0.15, 0.2) is 17.3 Å². The van der Waals surface area contributed by atoms with Crippen molar-refractivity contribution in [3.63, 3.8) is 0 Å². The Balaban J connectivity index is 1.76. The molecule has 0 unspecified atom stereocenters. The lowest BCUT2D eigenvalue weighted by Gasteiger charge is -2.13. The van der Waals surface area contributed by atoms with Gasteiger partial charge in [-0.2, -0.15) is 10.2 Å². The van der Waals surface area contributed by atoms with E-state index in [-0.39, 0.29) is 22.6 Å². The lowest BCUT2D eigenvalue weighted by atomic mass is 10.1. The van der Waals surface area contributed by atoms with Crippen molar-refractivity contribution in [2.45, 2.75) is 6.92 Å². The highest BCUT2D eigenvalue weighted by atomic mass is 16.5. The SMILES string of the molecule is COc1ccccc1Oc1nc2c(C)cccn2c(=O)c1/C=C(\C#N)c1nc2ccccc2n1C. The maximum atomic E-state index is 13.6. The number of hydrogen-bond donors (Lipinski definition) is 0. The minimum Gasteiger partial charge on any atom is -0.493 e. The Morgan fingerprint density at radius 2 is 1.77 bits per heavy atom. The number of pyridine rings is 1. The smallest absolute Gasteiger partial charge is 0.269 e. The number of aryl methyl sites for hydroxylation is 2. The molecule has 0 saturated heterocycles. The van der Waals surface area contributed by atoms with E-state index in [1.54, 1.807) is 30.5 Å². The lowest BCUT2D eigenvalue weighted by Crippen LogP contribution is -2.19. The van der Waals surface area contributed by atoms with Gasteiger partial charge in [-0.05, 0) is 48.9 Å². The molecule has 2 aromatic carbocycles. The van der Waals surface area contributed by atoms with E-state index in [9.17, 15) is 10.1 Å². The fourth-order valence-corrected chi connectivity index (χ4v) is 3.98. The number of methoxy groups -OCH3 is 1. The first kappa shape index (κ1) is 21.9. The molecule has 35 heavy (non-hydrogen) atoms. The highest BCUT2D eigenvalue weighted by Crippen LogP contribution is 2.32. The van der Waals surface area contributed by atoms with Gasteiger partial charge in [0, 0.05) is 13.2 Å². The molecule has 0 atom stereocenters. The molecule has 5 rings (SSSR count). The Morgan fingerprint density at radius 1 is 1.03 bits per heavy atom. The quantitative estimate of drug-likeness (QED) is 0.349. The van der Waals surface area contributed by atoms with Crippen LogP contribution in [0.4, 0.5) is 0 Å². The molecule has 0 aliphatic heterocycles. The summed E-state index contributed by atoms with van der Waals surface area (Å²) >= 11 is 0. The molecule has 0 radical (unpaired) electrons. The van der Waals surface area contributed by atoms with Crippen LogP contribution in [0.1, 0.15) is 17.0 Å². The van der Waals surface area contributed by atoms with Crippen LogP contribution in [0.15, 0.2) is 71.7 Å². The molecule has 0 amide bonds. The molecule has 3 heterocycles. The Morgan fingerprint density at radius 3 is 2.51 bits per heavy atom. The second kappa shape index (κ2) is 8.80. The van der Waals surface area contributed by atoms with E-state index in [0.717, 1.165) is 16.6 Å². The number of benzene rings is 2. The van der Waals surface area contributed by atoms with Gasteiger partial charge in [0.2, 0.25) is 5.88 Å². The van der Waals surface area contributed by atoms with E-state index in [1.807, 2.05) is 54.9 Å². The van der Waals surface area contributed by atoms with Crippen molar-refractivity contribution in [1.82, 2.24) is 18.9 Å². The summed E-state index contributed by atoms with van der Waals surface area (Å²) in [7, 11) is 3.37. The lowest BCUT2D eigenvalue weighted by molar-refractivity contribution is 0.374. The summed E-state index contributed by atoms with van der Waals surface area (Å²) in [5.41, 5.74) is 2.86. The number of para-hydroxylation sites is 4. The molecule has 0 N–H and O–H groups in total. The van der Waals surface area contributed by atoms with Crippen LogP contribution in [0.25, 0.3) is 28.3 Å². The van der Waals surface area contributed by atoms with Crippen molar-refractivity contribution in [3.05, 3.63) is 94.2 Å². The molecule has 5 aromatic rings. The van der Waals surface area contributed by atoms with Crippen LogP contribution in [0, 0.1) is 18.3 Å². The Kier molecular flexibility index (Phi) is 5.51. The van der Waals surface area contributed by atoms with Gasteiger partial charge in [0.1, 0.15) is 17.3 Å². The largest absolute Gasteiger partial charge is 0.493 e. The Hall–Kier alpha value is -4.90. The summed E-state index contributed by atoms with van der Waals surface area (Å²) in [6.07, 6.45) is 3.12. The number of allylic oxidation sites excluding steroid dienone is 1. The van der Waals surface area contributed by atoms with Crippen LogP contribution >= 0.6 is 0 Å². The van der Waals surface area contributed by atoms with E-state index in [2.05, 4.69) is 16.0 Å². The van der Waals surface area contributed by atoms with Gasteiger partial charge in [-0.15, -0.1) is 0 Å². The summed E-state index contributed by atoms with van der Waals surface area (Å²) in [6.45, 7) is 1.87. The number of ether oxygens (including phenoxy) is 2. The fraction of sp³-hybridized carbons (Fsp3) is 0.111. The number of nitrogens with zero attached hydrogens (tertiary/aromatic N) is 5. The van der Waals surface area contributed by atoms with E-state index < -0.39 is 0 Å². The van der Waals surface area contributed by atoms with Gasteiger partial charge in [0.05, 0.1) is 23.7 Å². The fourth-order valence-electron chi connectivity index (χ4n) is 3.98. The molecule has 0 spiro atoms. The first-order chi connectivity index (χ1) is 17.0. The van der Waals surface area contributed by atoms with Crippen LogP contribution in [0.3, 0.4) is 0 Å². The van der Waals surface area contributed by atoms with Crippen LogP contribution in [0.2, 0.25) is 0 Å². The van der Waals surface area contributed by atoms with Gasteiger partial charge < -0.3 is 14.0 Å². The van der Waals surface area contributed by atoms with E-state index >= 15 is 0 Å². The second-order valence-electron chi connectivity index (χ2n) is 7.93. The van der Waals surface area contributed by atoms with E-state index in [4.69, 9.17) is 9.47 Å². The highest BCUT2D eigenvalue weighted by molar-refractivity contribution is 5.91. The highest BCUT2D eigenvalue weighted by Gasteiger charge is 2.19. The first-order valence-electron chi connectivity index (χ1n) is 10.9. The Bertz CT molecular complexity index is 1720. The molecule has 0 fully saturated rings. The molecule has 8 nitrogen and oxygen atoms in total. The molecular formula is C27H21N5O3. The Labute approximate surface area is 200 Å². The summed E-state index contributed by atoms with van der Waals surface area (Å²) in [5, 5.41) is 10.0. The zero-order chi connectivity index (χ0) is 24.5. The third-order valence-corrected chi connectivity index (χ3v) is 5.76. The van der Waals surface area contributed by atoms with Crippen LogP contribution in [0.5, 0.6) is 17.4 Å². The van der Waals surface area contributed by atoms with Crippen molar-refractivity contribution in [3.8, 4) is 23.4 Å². The minimum atomic E-state index is -0.366. The summed E-state index contributed by atoms with van der Waals surface area (Å²) in [6, 6.07) is 20.5. The van der Waals surface area contributed by atoms with Crippen molar-refractivity contribution < 1.29 is 9.47 Å². The zero-order valence-electron chi connectivity index (χ0n) is 19.4. The first-order valence-corrected chi connectivity index (χ1v) is 10.9. The summed E-state index contributed by atoms with van der Waals surface area (Å²) in [5.74, 6) is 1.40. The maximum Gasteiger partial charge on any atom is 0.269 e. The molecular weight excluding hydrogens is 442 g/mol. The van der Waals surface area contributed by atoms with Crippen molar-refractivity contribution in [1.29, 1.82) is 5.26 Å². The molecule has 0 saturated carbocycles. The number of aromatic nitrogens is 4. The third-order valence-electron chi connectivity index (χ3n) is 5.76. The monoisotopic (exact) mass is 463 g/mol. The van der Waals surface area contributed by atoms with E-state index in [1.165, 1.54) is 17.6 Å². The second-order valence-corrected chi connectivity index (χ2v) is 7.93. The number of imidazole rings is 1. The van der Waals surface area contributed by atoms with Crippen LogP contribution < -0.4 is 15.0 Å². The van der Waals surface area contributed by atoms with Crippen molar-refractivity contribution in [2.75, 3.05) is 7.11 Å². The topological polar surface area (TPSA) is 94.4 Å². The van der Waals surface area contributed by atoms with Gasteiger partial charge in [-0.1, -0.05) is 30.3 Å². The average Bonchev–Trinajstić information content (AvgIpc) is 3.21. The van der Waals surface area contributed by atoms with Gasteiger partial charge in [-0.3, -0.25) is 9.20 Å². The predicted molar refractivity (Wildman–Crippen MR) is 133 cm³/mol.